The summed E-state index contributed by atoms with van der Waals surface area (Å²) in [5.74, 6) is 1.10. The Morgan fingerprint density at radius 2 is 2.24 bits per heavy atom. The molecule has 9 heteroatoms. The van der Waals surface area contributed by atoms with E-state index >= 15 is 0 Å². The Morgan fingerprint density at radius 3 is 2.97 bits per heavy atom. The third-order valence-electron chi connectivity index (χ3n) is 4.32. The molecule has 0 spiro atoms. The van der Waals surface area contributed by atoms with Gasteiger partial charge in [-0.05, 0) is 43.0 Å². The van der Waals surface area contributed by atoms with Crippen LogP contribution in [-0.2, 0) is 11.2 Å². The molecule has 3 heterocycles. The monoisotopic (exact) mass is 411 g/mol. The van der Waals surface area contributed by atoms with Crippen LogP contribution in [0.2, 0.25) is 0 Å². The van der Waals surface area contributed by atoms with E-state index in [2.05, 4.69) is 20.4 Å². The molecule has 3 aromatic heterocycles. The summed E-state index contributed by atoms with van der Waals surface area (Å²) in [4.78, 5) is 21.5. The van der Waals surface area contributed by atoms with Crippen molar-refractivity contribution in [3.05, 3.63) is 65.6 Å². The van der Waals surface area contributed by atoms with E-state index in [4.69, 9.17) is 4.52 Å². The van der Waals surface area contributed by atoms with Gasteiger partial charge in [0.1, 0.15) is 11.6 Å². The van der Waals surface area contributed by atoms with Gasteiger partial charge in [0.05, 0.1) is 10.6 Å². The minimum absolute atomic E-state index is 0.200. The first-order chi connectivity index (χ1) is 14.1. The SMILES string of the molecule is Cc1nccn1-c1ccc(NC(=O)CCCc2nc(-c3cccs3)no2)cc1F. The van der Waals surface area contributed by atoms with Crippen molar-refractivity contribution >= 4 is 22.9 Å². The highest BCUT2D eigenvalue weighted by molar-refractivity contribution is 7.13. The van der Waals surface area contributed by atoms with E-state index in [0.717, 1.165) is 4.88 Å². The molecule has 0 unspecified atom stereocenters. The number of aryl methyl sites for hydroxylation is 2. The fourth-order valence-electron chi connectivity index (χ4n) is 2.90. The van der Waals surface area contributed by atoms with Crippen LogP contribution in [0.4, 0.5) is 10.1 Å². The van der Waals surface area contributed by atoms with Crippen LogP contribution in [0.15, 0.2) is 52.6 Å². The summed E-state index contributed by atoms with van der Waals surface area (Å²) in [6, 6.07) is 8.43. The summed E-state index contributed by atoms with van der Waals surface area (Å²) in [5, 5.41) is 8.61. The number of hydrogen-bond donors (Lipinski definition) is 1. The minimum atomic E-state index is -0.434. The molecule has 0 fully saturated rings. The Labute approximate surface area is 170 Å². The zero-order valence-electron chi connectivity index (χ0n) is 15.6. The third kappa shape index (κ3) is 4.40. The summed E-state index contributed by atoms with van der Waals surface area (Å²) in [5.41, 5.74) is 0.794. The number of anilines is 1. The van der Waals surface area contributed by atoms with Gasteiger partial charge in [-0.15, -0.1) is 11.3 Å². The van der Waals surface area contributed by atoms with Crippen molar-refractivity contribution in [2.45, 2.75) is 26.2 Å². The summed E-state index contributed by atoms with van der Waals surface area (Å²) in [7, 11) is 0. The predicted molar refractivity (Wildman–Crippen MR) is 107 cm³/mol. The van der Waals surface area contributed by atoms with Crippen molar-refractivity contribution in [1.82, 2.24) is 19.7 Å². The summed E-state index contributed by atoms with van der Waals surface area (Å²) in [6.45, 7) is 1.79. The van der Waals surface area contributed by atoms with E-state index in [0.29, 0.717) is 41.8 Å². The van der Waals surface area contributed by atoms with Crippen LogP contribution in [-0.4, -0.2) is 25.6 Å². The summed E-state index contributed by atoms with van der Waals surface area (Å²) >= 11 is 1.54. The molecule has 4 rings (SSSR count). The number of nitrogens with one attached hydrogen (secondary N) is 1. The molecule has 0 bridgehead atoms. The quantitative estimate of drug-likeness (QED) is 0.487. The highest BCUT2D eigenvalue weighted by Crippen LogP contribution is 2.22. The molecule has 0 aliphatic carbocycles. The maximum absolute atomic E-state index is 14.4. The summed E-state index contributed by atoms with van der Waals surface area (Å²) < 4.78 is 21.3. The number of carbonyl (C=O) groups excluding carboxylic acids is 1. The molecular formula is C20H18FN5O2S. The Hall–Kier alpha value is -3.33. The molecule has 0 atom stereocenters. The molecule has 1 amide bonds. The fraction of sp³-hybridized carbons (Fsp3) is 0.200. The second-order valence-electron chi connectivity index (χ2n) is 6.40. The van der Waals surface area contributed by atoms with E-state index in [9.17, 15) is 9.18 Å². The third-order valence-corrected chi connectivity index (χ3v) is 5.19. The van der Waals surface area contributed by atoms with Gasteiger partial charge in [-0.25, -0.2) is 9.37 Å². The highest BCUT2D eigenvalue weighted by atomic mass is 32.1. The van der Waals surface area contributed by atoms with Crippen molar-refractivity contribution in [3.63, 3.8) is 0 Å². The second kappa shape index (κ2) is 8.36. The average Bonchev–Trinajstić information content (AvgIpc) is 3.43. The smallest absolute Gasteiger partial charge is 0.226 e. The van der Waals surface area contributed by atoms with Crippen LogP contribution in [0.5, 0.6) is 0 Å². The number of amides is 1. The predicted octanol–water partition coefficient (Wildman–Crippen LogP) is 4.39. The topological polar surface area (TPSA) is 85.8 Å². The van der Waals surface area contributed by atoms with Crippen molar-refractivity contribution in [1.29, 1.82) is 0 Å². The van der Waals surface area contributed by atoms with Crippen LogP contribution in [0.3, 0.4) is 0 Å². The van der Waals surface area contributed by atoms with Crippen molar-refractivity contribution < 1.29 is 13.7 Å². The van der Waals surface area contributed by atoms with Crippen molar-refractivity contribution in [2.75, 3.05) is 5.32 Å². The van der Waals surface area contributed by atoms with Gasteiger partial charge in [0, 0.05) is 30.9 Å². The molecular weight excluding hydrogens is 393 g/mol. The van der Waals surface area contributed by atoms with Crippen molar-refractivity contribution in [2.24, 2.45) is 0 Å². The normalized spacial score (nSPS) is 11.0. The van der Waals surface area contributed by atoms with Gasteiger partial charge in [0.15, 0.2) is 0 Å². The maximum Gasteiger partial charge on any atom is 0.226 e. The number of halogens is 1. The Morgan fingerprint density at radius 1 is 1.34 bits per heavy atom. The Bertz CT molecular complexity index is 1120. The van der Waals surface area contributed by atoms with Crippen LogP contribution in [0.1, 0.15) is 24.6 Å². The zero-order valence-corrected chi connectivity index (χ0v) is 16.4. The zero-order chi connectivity index (χ0) is 20.2. The lowest BCUT2D eigenvalue weighted by Gasteiger charge is -2.09. The lowest BCUT2D eigenvalue weighted by Crippen LogP contribution is -2.12. The van der Waals surface area contributed by atoms with E-state index in [1.165, 1.54) is 17.4 Å². The second-order valence-corrected chi connectivity index (χ2v) is 7.35. The first-order valence-electron chi connectivity index (χ1n) is 9.06. The minimum Gasteiger partial charge on any atom is -0.339 e. The molecule has 4 aromatic rings. The standard InChI is InChI=1S/C20H18FN5O2S/c1-13-22-9-10-26(13)16-8-7-14(12-15(16)21)23-18(27)5-2-6-19-24-20(25-28-19)17-4-3-11-29-17/h3-4,7-12H,2,5-6H2,1H3,(H,23,27). The van der Waals surface area contributed by atoms with Gasteiger partial charge in [0.25, 0.3) is 0 Å². The number of rotatable bonds is 7. The molecule has 1 N–H and O–H groups in total. The fourth-order valence-corrected chi connectivity index (χ4v) is 3.55. The molecule has 0 radical (unpaired) electrons. The molecule has 0 saturated carbocycles. The van der Waals surface area contributed by atoms with Crippen LogP contribution in [0.25, 0.3) is 16.4 Å². The number of imidazole rings is 1. The van der Waals surface area contributed by atoms with Crippen LogP contribution in [0, 0.1) is 12.7 Å². The van der Waals surface area contributed by atoms with E-state index in [-0.39, 0.29) is 12.3 Å². The first-order valence-corrected chi connectivity index (χ1v) is 9.94. The maximum atomic E-state index is 14.4. The molecule has 0 aliphatic rings. The number of aromatic nitrogens is 4. The molecule has 148 valence electrons. The summed E-state index contributed by atoms with van der Waals surface area (Å²) in [6.07, 6.45) is 4.61. The van der Waals surface area contributed by atoms with Gasteiger partial charge in [-0.2, -0.15) is 4.98 Å². The van der Waals surface area contributed by atoms with Gasteiger partial charge in [-0.3, -0.25) is 4.79 Å². The van der Waals surface area contributed by atoms with Gasteiger partial charge >= 0.3 is 0 Å². The van der Waals surface area contributed by atoms with Crippen molar-refractivity contribution in [3.8, 4) is 16.4 Å². The molecule has 1 aromatic carbocycles. The number of benzene rings is 1. The number of nitrogens with zero attached hydrogens (tertiary/aromatic N) is 4. The lowest BCUT2D eigenvalue weighted by atomic mass is 10.2. The van der Waals surface area contributed by atoms with Gasteiger partial charge < -0.3 is 14.4 Å². The number of carbonyl (C=O) groups is 1. The van der Waals surface area contributed by atoms with Crippen LogP contribution < -0.4 is 5.32 Å². The van der Waals surface area contributed by atoms with Gasteiger partial charge in [-0.1, -0.05) is 11.2 Å². The molecule has 0 saturated heterocycles. The lowest BCUT2D eigenvalue weighted by molar-refractivity contribution is -0.116. The molecule has 0 aliphatic heterocycles. The first kappa shape index (κ1) is 19.0. The van der Waals surface area contributed by atoms with Gasteiger partial charge in [0.2, 0.25) is 17.6 Å². The highest BCUT2D eigenvalue weighted by Gasteiger charge is 2.12. The van der Waals surface area contributed by atoms with E-state index in [1.807, 2.05) is 17.5 Å². The van der Waals surface area contributed by atoms with E-state index < -0.39 is 5.82 Å². The molecule has 29 heavy (non-hydrogen) atoms. The van der Waals surface area contributed by atoms with E-state index in [1.54, 1.807) is 36.0 Å². The Kier molecular flexibility index (Phi) is 5.48. The average molecular weight is 411 g/mol. The molecule has 7 nitrogen and oxygen atoms in total. The van der Waals surface area contributed by atoms with Crippen LogP contribution >= 0.6 is 11.3 Å². The Balaban J connectivity index is 1.30. The number of thiophene rings is 1. The number of hydrogen-bond acceptors (Lipinski definition) is 6. The largest absolute Gasteiger partial charge is 0.339 e.